The molecule has 0 aromatic carbocycles. The molecule has 3 atom stereocenters. The van der Waals surface area contributed by atoms with E-state index in [4.69, 9.17) is 0 Å². The molecule has 1 heteroatoms. The van der Waals surface area contributed by atoms with Crippen LogP contribution < -0.4 is 0 Å². The van der Waals surface area contributed by atoms with Gasteiger partial charge in [0.15, 0.2) is 0 Å². The lowest BCUT2D eigenvalue weighted by molar-refractivity contribution is -0.121. The Morgan fingerprint density at radius 2 is 2.00 bits per heavy atom. The van der Waals surface area contributed by atoms with Crippen molar-refractivity contribution in [3.63, 3.8) is 0 Å². The van der Waals surface area contributed by atoms with Crippen molar-refractivity contribution in [1.82, 2.24) is 0 Å². The number of carbonyl (C=O) groups excluding carboxylic acids is 1. The van der Waals surface area contributed by atoms with Crippen molar-refractivity contribution in [2.45, 2.75) is 33.6 Å². The van der Waals surface area contributed by atoms with E-state index in [2.05, 4.69) is 13.8 Å². The van der Waals surface area contributed by atoms with Gasteiger partial charge in [-0.05, 0) is 37.0 Å². The second-order valence-corrected chi connectivity index (χ2v) is 4.75. The van der Waals surface area contributed by atoms with Gasteiger partial charge >= 0.3 is 0 Å². The van der Waals surface area contributed by atoms with Crippen LogP contribution in [0, 0.1) is 23.2 Å². The number of ketones is 1. The first-order valence-corrected chi connectivity index (χ1v) is 4.55. The molecule has 1 unspecified atom stereocenters. The Bertz CT molecular complexity index is 205. The lowest BCUT2D eigenvalue weighted by Gasteiger charge is -2.13. The van der Waals surface area contributed by atoms with E-state index in [1.807, 2.05) is 0 Å². The van der Waals surface area contributed by atoms with Crippen LogP contribution in [0.15, 0.2) is 0 Å². The summed E-state index contributed by atoms with van der Waals surface area (Å²) in [7, 11) is 0. The number of hydrogen-bond donors (Lipinski definition) is 0. The summed E-state index contributed by atoms with van der Waals surface area (Å²) in [4.78, 5) is 11.2. The standard InChI is InChI=1S/C10H16O/c1-6(11)7-4-5-8-9(7)10(8,2)3/h7-9H,4-5H2,1-3H3/t7?,8-,9+/m1/s1. The van der Waals surface area contributed by atoms with Crippen LogP contribution >= 0.6 is 0 Å². The zero-order valence-corrected chi connectivity index (χ0v) is 7.55. The van der Waals surface area contributed by atoms with Crippen LogP contribution in [-0.2, 0) is 4.79 Å². The van der Waals surface area contributed by atoms with Gasteiger partial charge in [-0.25, -0.2) is 0 Å². The van der Waals surface area contributed by atoms with Gasteiger partial charge in [0.1, 0.15) is 5.78 Å². The summed E-state index contributed by atoms with van der Waals surface area (Å²) in [6.45, 7) is 6.36. The quantitative estimate of drug-likeness (QED) is 0.563. The molecule has 0 aromatic rings. The van der Waals surface area contributed by atoms with Crippen LogP contribution in [0.3, 0.4) is 0 Å². The Morgan fingerprint density at radius 3 is 2.27 bits per heavy atom. The summed E-state index contributed by atoms with van der Waals surface area (Å²) >= 11 is 0. The number of hydrogen-bond acceptors (Lipinski definition) is 1. The monoisotopic (exact) mass is 152 g/mol. The van der Waals surface area contributed by atoms with Gasteiger partial charge in [0.25, 0.3) is 0 Å². The van der Waals surface area contributed by atoms with Gasteiger partial charge in [0.2, 0.25) is 0 Å². The zero-order valence-electron chi connectivity index (χ0n) is 7.55. The first-order valence-electron chi connectivity index (χ1n) is 4.55. The molecule has 0 aromatic heterocycles. The van der Waals surface area contributed by atoms with Crippen molar-refractivity contribution in [1.29, 1.82) is 0 Å². The van der Waals surface area contributed by atoms with E-state index in [0.29, 0.717) is 17.1 Å². The lowest BCUT2D eigenvalue weighted by Crippen LogP contribution is -2.14. The molecule has 0 bridgehead atoms. The van der Waals surface area contributed by atoms with Crippen LogP contribution in [0.2, 0.25) is 0 Å². The summed E-state index contributed by atoms with van der Waals surface area (Å²) < 4.78 is 0. The normalized spacial score (nSPS) is 45.2. The molecular weight excluding hydrogens is 136 g/mol. The highest BCUT2D eigenvalue weighted by atomic mass is 16.1. The van der Waals surface area contributed by atoms with Gasteiger partial charge in [-0.3, -0.25) is 4.79 Å². The topological polar surface area (TPSA) is 17.1 Å². The molecule has 2 rings (SSSR count). The van der Waals surface area contributed by atoms with Crippen molar-refractivity contribution in [2.24, 2.45) is 23.2 Å². The van der Waals surface area contributed by atoms with Crippen molar-refractivity contribution in [3.8, 4) is 0 Å². The summed E-state index contributed by atoms with van der Waals surface area (Å²) in [5.74, 6) is 2.44. The molecule has 0 saturated heterocycles. The fraction of sp³-hybridized carbons (Fsp3) is 0.900. The second-order valence-electron chi connectivity index (χ2n) is 4.75. The van der Waals surface area contributed by atoms with E-state index in [-0.39, 0.29) is 0 Å². The van der Waals surface area contributed by atoms with Gasteiger partial charge in [0.05, 0.1) is 0 Å². The van der Waals surface area contributed by atoms with Crippen molar-refractivity contribution < 1.29 is 4.79 Å². The zero-order chi connectivity index (χ0) is 8.22. The Hall–Kier alpha value is -0.330. The fourth-order valence-electron chi connectivity index (χ4n) is 3.13. The molecule has 2 aliphatic rings. The minimum atomic E-state index is 0.412. The van der Waals surface area contributed by atoms with E-state index in [1.54, 1.807) is 6.92 Å². The van der Waals surface area contributed by atoms with Gasteiger partial charge in [-0.2, -0.15) is 0 Å². The molecule has 2 fully saturated rings. The molecule has 0 heterocycles. The van der Waals surface area contributed by atoms with E-state index < -0.39 is 0 Å². The van der Waals surface area contributed by atoms with Gasteiger partial charge in [-0.15, -0.1) is 0 Å². The van der Waals surface area contributed by atoms with E-state index >= 15 is 0 Å². The molecule has 2 saturated carbocycles. The minimum Gasteiger partial charge on any atom is -0.300 e. The fourth-order valence-corrected chi connectivity index (χ4v) is 3.13. The average molecular weight is 152 g/mol. The van der Waals surface area contributed by atoms with Crippen LogP contribution in [0.1, 0.15) is 33.6 Å². The number of rotatable bonds is 1. The molecule has 0 aliphatic heterocycles. The molecule has 0 amide bonds. The summed E-state index contributed by atoms with van der Waals surface area (Å²) in [5, 5.41) is 0. The van der Waals surface area contributed by atoms with Crippen molar-refractivity contribution in [3.05, 3.63) is 0 Å². The predicted molar refractivity (Wildman–Crippen MR) is 44.2 cm³/mol. The highest BCUT2D eigenvalue weighted by Crippen LogP contribution is 2.69. The third-order valence-corrected chi connectivity index (χ3v) is 3.88. The Morgan fingerprint density at radius 1 is 1.36 bits per heavy atom. The summed E-state index contributed by atoms with van der Waals surface area (Å²) in [6, 6.07) is 0. The molecule has 0 spiro atoms. The number of fused-ring (bicyclic) bond motifs is 1. The van der Waals surface area contributed by atoms with Crippen molar-refractivity contribution >= 4 is 5.78 Å². The molecule has 1 nitrogen and oxygen atoms in total. The predicted octanol–water partition coefficient (Wildman–Crippen LogP) is 2.26. The van der Waals surface area contributed by atoms with Gasteiger partial charge in [-0.1, -0.05) is 13.8 Å². The van der Waals surface area contributed by atoms with Crippen molar-refractivity contribution in [2.75, 3.05) is 0 Å². The Kier molecular flexibility index (Phi) is 1.25. The van der Waals surface area contributed by atoms with Crippen LogP contribution in [0.5, 0.6) is 0 Å². The molecule has 2 aliphatic carbocycles. The molecule has 62 valence electrons. The maximum atomic E-state index is 11.2. The van der Waals surface area contributed by atoms with Gasteiger partial charge in [0, 0.05) is 5.92 Å². The number of Topliss-reactive ketones (excluding diaryl/α,β-unsaturated/α-hetero) is 1. The van der Waals surface area contributed by atoms with Gasteiger partial charge < -0.3 is 0 Å². The largest absolute Gasteiger partial charge is 0.300 e. The highest BCUT2D eigenvalue weighted by Gasteiger charge is 2.64. The second kappa shape index (κ2) is 1.88. The molecule has 0 radical (unpaired) electrons. The SMILES string of the molecule is CC(=O)C1CC[C@@H]2[C@H]1C2(C)C. The summed E-state index contributed by atoms with van der Waals surface area (Å²) in [5.41, 5.74) is 0.495. The maximum absolute atomic E-state index is 11.2. The molecule has 11 heavy (non-hydrogen) atoms. The van der Waals surface area contributed by atoms with Crippen LogP contribution in [0.4, 0.5) is 0 Å². The molecular formula is C10H16O. The maximum Gasteiger partial charge on any atom is 0.133 e. The minimum absolute atomic E-state index is 0.412. The Balaban J connectivity index is 2.13. The third-order valence-electron chi connectivity index (χ3n) is 3.88. The smallest absolute Gasteiger partial charge is 0.133 e. The first-order chi connectivity index (χ1) is 5.05. The lowest BCUT2D eigenvalue weighted by atomic mass is 9.90. The highest BCUT2D eigenvalue weighted by molar-refractivity contribution is 5.79. The van der Waals surface area contributed by atoms with E-state index in [9.17, 15) is 4.79 Å². The van der Waals surface area contributed by atoms with E-state index in [0.717, 1.165) is 18.3 Å². The van der Waals surface area contributed by atoms with Crippen LogP contribution in [0.25, 0.3) is 0 Å². The van der Waals surface area contributed by atoms with Crippen LogP contribution in [-0.4, -0.2) is 5.78 Å². The number of carbonyl (C=O) groups is 1. The summed E-state index contributed by atoms with van der Waals surface area (Å²) in [6.07, 6.45) is 2.45. The van der Waals surface area contributed by atoms with E-state index in [1.165, 1.54) is 6.42 Å². The Labute approximate surface area is 68.2 Å². The third kappa shape index (κ3) is 0.800. The molecule has 0 N–H and O–H groups in total. The first kappa shape index (κ1) is 7.33. The average Bonchev–Trinajstić information content (AvgIpc) is 2.34.